The summed E-state index contributed by atoms with van der Waals surface area (Å²) < 4.78 is 5.55. The zero-order valence-corrected chi connectivity index (χ0v) is 12.6. The number of halogens is 1. The Labute approximate surface area is 118 Å². The van der Waals surface area contributed by atoms with Crippen molar-refractivity contribution in [2.75, 3.05) is 20.2 Å². The van der Waals surface area contributed by atoms with E-state index in [4.69, 9.17) is 0 Å². The van der Waals surface area contributed by atoms with Crippen LogP contribution in [0.2, 0.25) is 0 Å². The number of amides is 1. The van der Waals surface area contributed by atoms with E-state index in [2.05, 4.69) is 20.7 Å². The van der Waals surface area contributed by atoms with E-state index in [0.29, 0.717) is 6.54 Å². The molecule has 4 nitrogen and oxygen atoms in total. The number of hydrogen-bond acceptors (Lipinski definition) is 4. The molecule has 0 aliphatic carbocycles. The Morgan fingerprint density at radius 2 is 2.22 bits per heavy atom. The first-order valence-corrected chi connectivity index (χ1v) is 6.97. The van der Waals surface area contributed by atoms with E-state index in [1.165, 1.54) is 29.4 Å². The Hall–Kier alpha value is -1.14. The first-order valence-electron chi connectivity index (χ1n) is 5.36. The number of carbonyl (C=O) groups excluding carboxylic acids is 2. The standard InChI is InChI=1S/C12H14BrNO3S/c1-3-14(8-12(16)17-2)11(15)7-5-9-4-6-10(13)18-9/h4-7H,3,8H2,1-2H3/b7-5+. The topological polar surface area (TPSA) is 46.6 Å². The Balaban J connectivity index is 2.62. The molecule has 0 N–H and O–H groups in total. The van der Waals surface area contributed by atoms with Crippen molar-refractivity contribution in [3.05, 3.63) is 26.9 Å². The smallest absolute Gasteiger partial charge is 0.325 e. The molecule has 0 fully saturated rings. The van der Waals surface area contributed by atoms with Gasteiger partial charge in [0.2, 0.25) is 5.91 Å². The number of carbonyl (C=O) groups is 2. The van der Waals surface area contributed by atoms with Gasteiger partial charge in [-0.25, -0.2) is 0 Å². The monoisotopic (exact) mass is 331 g/mol. The highest BCUT2D eigenvalue weighted by atomic mass is 79.9. The van der Waals surface area contributed by atoms with Gasteiger partial charge in [0.1, 0.15) is 6.54 Å². The molecule has 0 saturated heterocycles. The Bertz CT molecular complexity index is 456. The quantitative estimate of drug-likeness (QED) is 0.615. The minimum Gasteiger partial charge on any atom is -0.468 e. The number of likely N-dealkylation sites (N-methyl/N-ethyl adjacent to an activating group) is 1. The average Bonchev–Trinajstić information content (AvgIpc) is 2.78. The molecule has 1 amide bonds. The third kappa shape index (κ3) is 4.62. The maximum Gasteiger partial charge on any atom is 0.325 e. The van der Waals surface area contributed by atoms with Crippen LogP contribution in [0, 0.1) is 0 Å². The molecule has 0 saturated carbocycles. The number of ether oxygens (including phenoxy) is 1. The second-order valence-electron chi connectivity index (χ2n) is 3.40. The van der Waals surface area contributed by atoms with E-state index in [9.17, 15) is 9.59 Å². The molecular weight excluding hydrogens is 318 g/mol. The molecule has 0 aromatic carbocycles. The van der Waals surface area contributed by atoms with Gasteiger partial charge in [0, 0.05) is 17.5 Å². The van der Waals surface area contributed by atoms with Gasteiger partial charge < -0.3 is 9.64 Å². The van der Waals surface area contributed by atoms with E-state index >= 15 is 0 Å². The molecule has 1 aromatic heterocycles. The molecule has 0 aliphatic heterocycles. The van der Waals surface area contributed by atoms with Crippen molar-refractivity contribution >= 4 is 45.2 Å². The molecule has 0 spiro atoms. The predicted molar refractivity (Wildman–Crippen MR) is 75.3 cm³/mol. The van der Waals surface area contributed by atoms with E-state index in [0.717, 1.165) is 8.66 Å². The zero-order chi connectivity index (χ0) is 13.5. The van der Waals surface area contributed by atoms with E-state index in [1.807, 2.05) is 19.1 Å². The summed E-state index contributed by atoms with van der Waals surface area (Å²) in [4.78, 5) is 25.3. The van der Waals surface area contributed by atoms with Crippen molar-refractivity contribution in [2.24, 2.45) is 0 Å². The lowest BCUT2D eigenvalue weighted by Crippen LogP contribution is -2.34. The van der Waals surface area contributed by atoms with Crippen molar-refractivity contribution in [2.45, 2.75) is 6.92 Å². The zero-order valence-electron chi connectivity index (χ0n) is 10.2. The largest absolute Gasteiger partial charge is 0.468 e. The molecule has 0 aliphatic rings. The van der Waals surface area contributed by atoms with Crippen molar-refractivity contribution in [1.82, 2.24) is 4.90 Å². The lowest BCUT2D eigenvalue weighted by molar-refractivity contribution is -0.145. The fourth-order valence-corrected chi connectivity index (χ4v) is 2.57. The summed E-state index contributed by atoms with van der Waals surface area (Å²) in [5, 5.41) is 0. The summed E-state index contributed by atoms with van der Waals surface area (Å²) >= 11 is 4.89. The highest BCUT2D eigenvalue weighted by Gasteiger charge is 2.13. The fourth-order valence-electron chi connectivity index (χ4n) is 1.24. The first-order chi connectivity index (χ1) is 8.56. The highest BCUT2D eigenvalue weighted by Crippen LogP contribution is 2.22. The van der Waals surface area contributed by atoms with Gasteiger partial charge in [0.05, 0.1) is 10.9 Å². The van der Waals surface area contributed by atoms with E-state index in [1.54, 1.807) is 6.08 Å². The third-order valence-corrected chi connectivity index (χ3v) is 3.81. The van der Waals surface area contributed by atoms with Gasteiger partial charge in [-0.15, -0.1) is 11.3 Å². The maximum atomic E-state index is 11.8. The number of hydrogen-bond donors (Lipinski definition) is 0. The molecule has 1 aromatic rings. The van der Waals surface area contributed by atoms with Crippen molar-refractivity contribution in [3.8, 4) is 0 Å². The molecule has 1 heterocycles. The number of esters is 1. The number of thiophene rings is 1. The summed E-state index contributed by atoms with van der Waals surface area (Å²) in [6.45, 7) is 2.26. The van der Waals surface area contributed by atoms with Gasteiger partial charge in [0.25, 0.3) is 0 Å². The molecule has 6 heteroatoms. The van der Waals surface area contributed by atoms with Crippen LogP contribution < -0.4 is 0 Å². The van der Waals surface area contributed by atoms with Gasteiger partial charge in [-0.3, -0.25) is 9.59 Å². The summed E-state index contributed by atoms with van der Waals surface area (Å²) in [6.07, 6.45) is 3.20. The molecule has 0 atom stereocenters. The van der Waals surface area contributed by atoms with Crippen LogP contribution >= 0.6 is 27.3 Å². The average molecular weight is 332 g/mol. The van der Waals surface area contributed by atoms with Gasteiger partial charge >= 0.3 is 5.97 Å². The van der Waals surface area contributed by atoms with Gasteiger partial charge in [0.15, 0.2) is 0 Å². The Morgan fingerprint density at radius 3 is 2.72 bits per heavy atom. The predicted octanol–water partition coefficient (Wildman–Crippen LogP) is 2.55. The minimum atomic E-state index is -0.419. The van der Waals surface area contributed by atoms with Crippen LogP contribution in [0.5, 0.6) is 0 Å². The molecule has 1 rings (SSSR count). The Morgan fingerprint density at radius 1 is 1.50 bits per heavy atom. The number of rotatable bonds is 5. The summed E-state index contributed by atoms with van der Waals surface area (Å²) in [5.41, 5.74) is 0. The maximum absolute atomic E-state index is 11.8. The molecular formula is C12H14BrNO3S. The second kappa shape index (κ2) is 7.33. The number of nitrogens with zero attached hydrogens (tertiary/aromatic N) is 1. The van der Waals surface area contributed by atoms with Crippen LogP contribution in [0.25, 0.3) is 6.08 Å². The van der Waals surface area contributed by atoms with Crippen LogP contribution in [0.15, 0.2) is 22.0 Å². The van der Waals surface area contributed by atoms with Crippen LogP contribution in [-0.2, 0) is 14.3 Å². The highest BCUT2D eigenvalue weighted by molar-refractivity contribution is 9.11. The summed E-state index contributed by atoms with van der Waals surface area (Å²) in [7, 11) is 1.31. The van der Waals surface area contributed by atoms with Crippen LogP contribution in [0.1, 0.15) is 11.8 Å². The van der Waals surface area contributed by atoms with Crippen molar-refractivity contribution < 1.29 is 14.3 Å². The fraction of sp³-hybridized carbons (Fsp3) is 0.333. The lowest BCUT2D eigenvalue weighted by Gasteiger charge is -2.17. The first kappa shape index (κ1) is 14.9. The molecule has 0 radical (unpaired) electrons. The summed E-state index contributed by atoms with van der Waals surface area (Å²) in [6, 6.07) is 3.83. The van der Waals surface area contributed by atoms with Crippen LogP contribution in [0.3, 0.4) is 0 Å². The minimum absolute atomic E-state index is 0.0235. The molecule has 0 bridgehead atoms. The van der Waals surface area contributed by atoms with Gasteiger partial charge in [-0.1, -0.05) is 0 Å². The van der Waals surface area contributed by atoms with Gasteiger partial charge in [-0.05, 0) is 41.1 Å². The van der Waals surface area contributed by atoms with E-state index in [-0.39, 0.29) is 12.5 Å². The van der Waals surface area contributed by atoms with Crippen LogP contribution in [0.4, 0.5) is 0 Å². The lowest BCUT2D eigenvalue weighted by atomic mass is 10.3. The molecule has 18 heavy (non-hydrogen) atoms. The number of methoxy groups -OCH3 is 1. The third-order valence-electron chi connectivity index (χ3n) is 2.23. The second-order valence-corrected chi connectivity index (χ2v) is 5.90. The summed E-state index contributed by atoms with van der Waals surface area (Å²) in [5.74, 6) is -0.620. The van der Waals surface area contributed by atoms with Gasteiger partial charge in [-0.2, -0.15) is 0 Å². The van der Waals surface area contributed by atoms with Crippen LogP contribution in [-0.4, -0.2) is 37.0 Å². The molecule has 0 unspecified atom stereocenters. The Kier molecular flexibility index (Phi) is 6.07. The van der Waals surface area contributed by atoms with Crippen molar-refractivity contribution in [3.63, 3.8) is 0 Å². The van der Waals surface area contributed by atoms with E-state index < -0.39 is 5.97 Å². The molecule has 98 valence electrons. The SMILES string of the molecule is CCN(CC(=O)OC)C(=O)/C=C/c1ccc(Br)s1. The normalized spacial score (nSPS) is 10.6. The van der Waals surface area contributed by atoms with Crippen molar-refractivity contribution in [1.29, 1.82) is 0 Å².